The van der Waals surface area contributed by atoms with Gasteiger partial charge < -0.3 is 19.7 Å². The van der Waals surface area contributed by atoms with E-state index in [9.17, 15) is 10.1 Å². The third-order valence-corrected chi connectivity index (χ3v) is 3.85. The minimum Gasteiger partial charge on any atom is -0.493 e. The Morgan fingerprint density at radius 1 is 1.19 bits per heavy atom. The molecule has 0 radical (unpaired) electrons. The van der Waals surface area contributed by atoms with Crippen molar-refractivity contribution in [1.29, 1.82) is 5.26 Å². The maximum Gasteiger partial charge on any atom is 0.263 e. The molecular formula is C20H29N3O3. The highest BCUT2D eigenvalue weighted by Gasteiger charge is 2.11. The minimum absolute atomic E-state index is 0.138. The van der Waals surface area contributed by atoms with Gasteiger partial charge in [0.15, 0.2) is 11.5 Å². The first-order chi connectivity index (χ1) is 12.6. The van der Waals surface area contributed by atoms with Gasteiger partial charge in [-0.05, 0) is 37.0 Å². The largest absolute Gasteiger partial charge is 0.493 e. The average molecular weight is 359 g/mol. The first kappa shape index (κ1) is 21.4. The Morgan fingerprint density at radius 3 is 2.38 bits per heavy atom. The third-order valence-electron chi connectivity index (χ3n) is 3.85. The summed E-state index contributed by atoms with van der Waals surface area (Å²) in [5.74, 6) is 0.982. The lowest BCUT2D eigenvalue weighted by atomic mass is 10.1. The SMILES string of the molecule is CCCN(/C=C(/C#N)C(=O)NCCc1ccc(OC)c(OC)c1)CCC. The van der Waals surface area contributed by atoms with E-state index in [1.165, 1.54) is 0 Å². The Labute approximate surface area is 156 Å². The van der Waals surface area contributed by atoms with E-state index >= 15 is 0 Å². The fraction of sp³-hybridized carbons (Fsp3) is 0.500. The Bertz CT molecular complexity index is 644. The molecule has 142 valence electrons. The van der Waals surface area contributed by atoms with E-state index in [0.29, 0.717) is 24.5 Å². The minimum atomic E-state index is -0.342. The van der Waals surface area contributed by atoms with E-state index in [4.69, 9.17) is 9.47 Å². The summed E-state index contributed by atoms with van der Waals surface area (Å²) in [5.41, 5.74) is 1.16. The molecule has 0 heterocycles. The lowest BCUT2D eigenvalue weighted by Crippen LogP contribution is -2.29. The highest BCUT2D eigenvalue weighted by Crippen LogP contribution is 2.27. The maximum absolute atomic E-state index is 12.3. The first-order valence-corrected chi connectivity index (χ1v) is 8.94. The lowest BCUT2D eigenvalue weighted by Gasteiger charge is -2.19. The third kappa shape index (κ3) is 6.67. The number of hydrogen-bond acceptors (Lipinski definition) is 5. The van der Waals surface area contributed by atoms with Crippen molar-refractivity contribution < 1.29 is 14.3 Å². The molecule has 0 aliphatic carbocycles. The Morgan fingerprint density at radius 2 is 1.85 bits per heavy atom. The molecule has 6 nitrogen and oxygen atoms in total. The van der Waals surface area contributed by atoms with E-state index in [1.54, 1.807) is 20.4 Å². The Balaban J connectivity index is 2.65. The summed E-state index contributed by atoms with van der Waals surface area (Å²) in [5, 5.41) is 12.1. The molecule has 0 unspecified atom stereocenters. The van der Waals surface area contributed by atoms with Gasteiger partial charge >= 0.3 is 0 Å². The van der Waals surface area contributed by atoms with Gasteiger partial charge in [-0.1, -0.05) is 19.9 Å². The summed E-state index contributed by atoms with van der Waals surface area (Å²) in [6.45, 7) is 6.25. The molecule has 0 saturated heterocycles. The van der Waals surface area contributed by atoms with Crippen molar-refractivity contribution in [2.75, 3.05) is 33.9 Å². The molecule has 0 saturated carbocycles. The van der Waals surface area contributed by atoms with Crippen LogP contribution < -0.4 is 14.8 Å². The number of carbonyl (C=O) groups is 1. The van der Waals surface area contributed by atoms with E-state index in [1.807, 2.05) is 29.2 Å². The number of nitrogens with zero attached hydrogens (tertiary/aromatic N) is 2. The van der Waals surface area contributed by atoms with Crippen LogP contribution in [0, 0.1) is 11.3 Å². The fourth-order valence-corrected chi connectivity index (χ4v) is 2.59. The zero-order valence-electron chi connectivity index (χ0n) is 16.2. The highest BCUT2D eigenvalue weighted by molar-refractivity contribution is 5.97. The highest BCUT2D eigenvalue weighted by atomic mass is 16.5. The molecule has 0 aromatic heterocycles. The molecule has 6 heteroatoms. The standard InChI is InChI=1S/C20H29N3O3/c1-5-11-23(12-6-2)15-17(14-21)20(24)22-10-9-16-7-8-18(25-3)19(13-16)26-4/h7-8,13,15H,5-6,9-12H2,1-4H3,(H,22,24)/b17-15-. The summed E-state index contributed by atoms with van der Waals surface area (Å²) in [7, 11) is 3.18. The van der Waals surface area contributed by atoms with Crippen LogP contribution >= 0.6 is 0 Å². The number of hydrogen-bond donors (Lipinski definition) is 1. The van der Waals surface area contributed by atoms with Gasteiger partial charge in [0.2, 0.25) is 0 Å². The fourth-order valence-electron chi connectivity index (χ4n) is 2.59. The van der Waals surface area contributed by atoms with Gasteiger partial charge in [-0.15, -0.1) is 0 Å². The predicted octanol–water partition coefficient (Wildman–Crippen LogP) is 2.89. The summed E-state index contributed by atoms with van der Waals surface area (Å²) >= 11 is 0. The number of rotatable bonds is 11. The number of benzene rings is 1. The topological polar surface area (TPSA) is 74.6 Å². The molecule has 1 amide bonds. The van der Waals surface area contributed by atoms with Gasteiger partial charge in [0, 0.05) is 25.8 Å². The normalized spacial score (nSPS) is 10.8. The summed E-state index contributed by atoms with van der Waals surface area (Å²) in [4.78, 5) is 14.3. The van der Waals surface area contributed by atoms with Gasteiger partial charge in [-0.3, -0.25) is 4.79 Å². The molecule has 0 fully saturated rings. The Kier molecular flexibility index (Phi) is 9.70. The zero-order chi connectivity index (χ0) is 19.4. The molecule has 1 aromatic carbocycles. The van der Waals surface area contributed by atoms with Gasteiger partial charge in [0.1, 0.15) is 11.6 Å². The maximum atomic E-state index is 12.3. The molecule has 0 atom stereocenters. The molecule has 0 spiro atoms. The Hall–Kier alpha value is -2.68. The van der Waals surface area contributed by atoms with E-state index in [0.717, 1.165) is 31.5 Å². The van der Waals surface area contributed by atoms with Crippen LogP contribution in [-0.4, -0.2) is 44.7 Å². The van der Waals surface area contributed by atoms with Crippen LogP contribution in [0.25, 0.3) is 0 Å². The number of methoxy groups -OCH3 is 2. The number of nitrogens with one attached hydrogen (secondary N) is 1. The van der Waals surface area contributed by atoms with Gasteiger partial charge in [0.25, 0.3) is 5.91 Å². The van der Waals surface area contributed by atoms with Gasteiger partial charge in [0.05, 0.1) is 14.2 Å². The van der Waals surface area contributed by atoms with Crippen LogP contribution in [-0.2, 0) is 11.2 Å². The monoisotopic (exact) mass is 359 g/mol. The summed E-state index contributed by atoms with van der Waals surface area (Å²) < 4.78 is 10.5. The van der Waals surface area contributed by atoms with E-state index < -0.39 is 0 Å². The van der Waals surface area contributed by atoms with E-state index in [2.05, 4.69) is 19.2 Å². The molecule has 1 rings (SSSR count). The van der Waals surface area contributed by atoms with Crippen molar-refractivity contribution in [1.82, 2.24) is 10.2 Å². The molecule has 1 aromatic rings. The molecule has 0 bridgehead atoms. The van der Waals surface area contributed by atoms with Crippen molar-refractivity contribution in [3.05, 3.63) is 35.5 Å². The molecule has 0 aliphatic heterocycles. The summed E-state index contributed by atoms with van der Waals surface area (Å²) in [6.07, 6.45) is 4.24. The second-order valence-electron chi connectivity index (χ2n) is 5.89. The van der Waals surface area contributed by atoms with Crippen LogP contribution in [0.2, 0.25) is 0 Å². The molecule has 0 aliphatic rings. The molecule has 26 heavy (non-hydrogen) atoms. The second kappa shape index (κ2) is 11.8. The van der Waals surface area contributed by atoms with Crippen LogP contribution in [0.15, 0.2) is 30.0 Å². The average Bonchev–Trinajstić information content (AvgIpc) is 2.65. The van der Waals surface area contributed by atoms with Crippen molar-refractivity contribution >= 4 is 5.91 Å². The van der Waals surface area contributed by atoms with Crippen LogP contribution in [0.3, 0.4) is 0 Å². The van der Waals surface area contributed by atoms with Gasteiger partial charge in [-0.2, -0.15) is 5.26 Å². The number of nitriles is 1. The van der Waals surface area contributed by atoms with Crippen molar-refractivity contribution in [2.24, 2.45) is 0 Å². The number of amides is 1. The van der Waals surface area contributed by atoms with Crippen molar-refractivity contribution in [3.8, 4) is 17.6 Å². The van der Waals surface area contributed by atoms with Crippen LogP contribution in [0.4, 0.5) is 0 Å². The molecule has 1 N–H and O–H groups in total. The predicted molar refractivity (Wildman–Crippen MR) is 102 cm³/mol. The quantitative estimate of drug-likeness (QED) is 0.486. The van der Waals surface area contributed by atoms with Gasteiger partial charge in [-0.25, -0.2) is 0 Å². The number of carbonyl (C=O) groups excluding carboxylic acids is 1. The molecular weight excluding hydrogens is 330 g/mol. The number of ether oxygens (including phenoxy) is 2. The van der Waals surface area contributed by atoms with Crippen LogP contribution in [0.5, 0.6) is 11.5 Å². The first-order valence-electron chi connectivity index (χ1n) is 8.94. The van der Waals surface area contributed by atoms with Crippen molar-refractivity contribution in [2.45, 2.75) is 33.1 Å². The lowest BCUT2D eigenvalue weighted by molar-refractivity contribution is -0.117. The summed E-state index contributed by atoms with van der Waals surface area (Å²) in [6, 6.07) is 7.65. The van der Waals surface area contributed by atoms with Crippen LogP contribution in [0.1, 0.15) is 32.3 Å². The van der Waals surface area contributed by atoms with E-state index in [-0.39, 0.29) is 11.5 Å². The smallest absolute Gasteiger partial charge is 0.263 e. The second-order valence-corrected chi connectivity index (χ2v) is 5.89. The van der Waals surface area contributed by atoms with Crippen molar-refractivity contribution in [3.63, 3.8) is 0 Å². The zero-order valence-corrected chi connectivity index (χ0v) is 16.2.